The van der Waals surface area contributed by atoms with Crippen LogP contribution in [0.15, 0.2) is 78.9 Å². The zero-order chi connectivity index (χ0) is 23.7. The number of aromatic nitrogens is 2. The minimum Gasteiger partial charge on any atom is -0.354 e. The highest BCUT2D eigenvalue weighted by atomic mass is 16.2. The third-order valence-electron chi connectivity index (χ3n) is 5.59. The van der Waals surface area contributed by atoms with E-state index in [2.05, 4.69) is 25.9 Å². The maximum Gasteiger partial charge on any atom is 0.258 e. The Morgan fingerprint density at radius 2 is 1.59 bits per heavy atom. The first-order chi connectivity index (χ1) is 16.5. The fourth-order valence-corrected chi connectivity index (χ4v) is 4.07. The van der Waals surface area contributed by atoms with Gasteiger partial charge in [0.2, 0.25) is 11.9 Å². The number of nitrogens with zero attached hydrogens (tertiary/aromatic N) is 1. The van der Waals surface area contributed by atoms with Gasteiger partial charge in [0, 0.05) is 35.1 Å². The van der Waals surface area contributed by atoms with Crippen LogP contribution in [0.3, 0.4) is 0 Å². The number of carbonyl (C=O) groups excluding carboxylic acids is 2. The third-order valence-corrected chi connectivity index (χ3v) is 5.59. The van der Waals surface area contributed by atoms with Gasteiger partial charge in [0.05, 0.1) is 17.0 Å². The number of amides is 2. The number of fused-ring (bicyclic) bond motifs is 1. The Balaban J connectivity index is 1.51. The van der Waals surface area contributed by atoms with E-state index in [1.165, 1.54) is 6.92 Å². The molecule has 2 heterocycles. The molecule has 4 N–H and O–H groups in total. The Bertz CT molecular complexity index is 1420. The standard InChI is InChI=1S/C27H23N5O2/c1-16-24(32-27(28-16)29-17(2)33)19-12-14-20(15-13-19)30-25(18-8-4-3-5-9-18)23-21-10-6-7-11-22(21)31-26(23)34/h3-15,30H,1-2H3,(H,31,34)(H2,28,29,32,33). The van der Waals surface area contributed by atoms with Crippen molar-refractivity contribution in [2.24, 2.45) is 0 Å². The number of aryl methyl sites for hydroxylation is 1. The van der Waals surface area contributed by atoms with E-state index in [-0.39, 0.29) is 11.8 Å². The summed E-state index contributed by atoms with van der Waals surface area (Å²) in [5, 5.41) is 9.10. The van der Waals surface area contributed by atoms with Crippen molar-refractivity contribution in [1.82, 2.24) is 9.97 Å². The second-order valence-corrected chi connectivity index (χ2v) is 8.06. The molecule has 7 heteroatoms. The number of hydrogen-bond donors (Lipinski definition) is 4. The zero-order valence-electron chi connectivity index (χ0n) is 18.8. The van der Waals surface area contributed by atoms with Crippen LogP contribution < -0.4 is 16.0 Å². The number of carbonyl (C=O) groups is 2. The second-order valence-electron chi connectivity index (χ2n) is 8.06. The lowest BCUT2D eigenvalue weighted by atomic mass is 10.00. The molecule has 1 aromatic heterocycles. The Morgan fingerprint density at radius 1 is 0.882 bits per heavy atom. The molecular formula is C27H23N5O2. The molecule has 0 fully saturated rings. The maximum atomic E-state index is 12.9. The maximum absolute atomic E-state index is 12.9. The summed E-state index contributed by atoms with van der Waals surface area (Å²) in [6.45, 7) is 3.35. The van der Waals surface area contributed by atoms with E-state index in [9.17, 15) is 9.59 Å². The van der Waals surface area contributed by atoms with E-state index in [0.29, 0.717) is 11.5 Å². The normalized spacial score (nSPS) is 13.8. The zero-order valence-corrected chi connectivity index (χ0v) is 18.8. The molecule has 0 saturated heterocycles. The van der Waals surface area contributed by atoms with E-state index < -0.39 is 0 Å². The van der Waals surface area contributed by atoms with Crippen LogP contribution >= 0.6 is 0 Å². The molecule has 3 aromatic carbocycles. The quantitative estimate of drug-likeness (QED) is 0.312. The van der Waals surface area contributed by atoms with Gasteiger partial charge in [-0.3, -0.25) is 14.9 Å². The molecule has 0 spiro atoms. The Hall–Kier alpha value is -4.65. The number of para-hydroxylation sites is 1. The lowest BCUT2D eigenvalue weighted by Gasteiger charge is -2.15. The van der Waals surface area contributed by atoms with Crippen molar-refractivity contribution in [3.63, 3.8) is 0 Å². The first-order valence-corrected chi connectivity index (χ1v) is 10.9. The summed E-state index contributed by atoms with van der Waals surface area (Å²) in [5.74, 6) is 0.102. The van der Waals surface area contributed by atoms with Crippen molar-refractivity contribution in [3.05, 3.63) is 95.7 Å². The number of H-pyrrole nitrogens is 1. The van der Waals surface area contributed by atoms with Crippen LogP contribution in [0, 0.1) is 6.92 Å². The van der Waals surface area contributed by atoms with Gasteiger partial charge in [-0.05, 0) is 30.7 Å². The molecule has 4 aromatic rings. The van der Waals surface area contributed by atoms with Crippen molar-refractivity contribution in [3.8, 4) is 11.3 Å². The SMILES string of the molecule is CC(=O)Nc1nc(-c2ccc(NC(=C3C(=O)Nc4ccccc43)c3ccccc3)cc2)c(C)[nH]1. The van der Waals surface area contributed by atoms with E-state index in [1.54, 1.807) is 0 Å². The lowest BCUT2D eigenvalue weighted by molar-refractivity contribution is -0.114. The van der Waals surface area contributed by atoms with Crippen LogP contribution in [0.25, 0.3) is 22.5 Å². The summed E-state index contributed by atoms with van der Waals surface area (Å²) in [6, 6.07) is 25.3. The monoisotopic (exact) mass is 449 g/mol. The molecule has 1 aliphatic heterocycles. The molecule has 0 unspecified atom stereocenters. The third kappa shape index (κ3) is 4.06. The van der Waals surface area contributed by atoms with Gasteiger partial charge in [0.15, 0.2) is 0 Å². The topological polar surface area (TPSA) is 98.9 Å². The molecule has 5 rings (SSSR count). The molecule has 0 radical (unpaired) electrons. The smallest absolute Gasteiger partial charge is 0.258 e. The molecular weight excluding hydrogens is 426 g/mol. The minimum absolute atomic E-state index is 0.137. The van der Waals surface area contributed by atoms with Crippen molar-refractivity contribution in [2.45, 2.75) is 13.8 Å². The van der Waals surface area contributed by atoms with Gasteiger partial charge in [-0.2, -0.15) is 0 Å². The fourth-order valence-electron chi connectivity index (χ4n) is 4.07. The molecule has 1 aliphatic rings. The average Bonchev–Trinajstić information content (AvgIpc) is 3.36. The largest absolute Gasteiger partial charge is 0.354 e. The summed E-state index contributed by atoms with van der Waals surface area (Å²) in [5.41, 5.74) is 7.29. The van der Waals surface area contributed by atoms with Gasteiger partial charge in [-0.1, -0.05) is 60.7 Å². The second kappa shape index (κ2) is 8.71. The van der Waals surface area contributed by atoms with Crippen molar-refractivity contribution in [1.29, 1.82) is 0 Å². The summed E-state index contributed by atoms with van der Waals surface area (Å²) < 4.78 is 0. The van der Waals surface area contributed by atoms with Crippen molar-refractivity contribution in [2.75, 3.05) is 16.0 Å². The van der Waals surface area contributed by atoms with E-state index >= 15 is 0 Å². The summed E-state index contributed by atoms with van der Waals surface area (Å²) in [7, 11) is 0. The van der Waals surface area contributed by atoms with E-state index in [4.69, 9.17) is 0 Å². The van der Waals surface area contributed by atoms with Gasteiger partial charge in [0.1, 0.15) is 0 Å². The summed E-state index contributed by atoms with van der Waals surface area (Å²) in [6.07, 6.45) is 0. The molecule has 34 heavy (non-hydrogen) atoms. The van der Waals surface area contributed by atoms with Crippen LogP contribution in [0.5, 0.6) is 0 Å². The molecule has 7 nitrogen and oxygen atoms in total. The Labute approximate surface area is 196 Å². The number of imidazole rings is 1. The predicted octanol–water partition coefficient (Wildman–Crippen LogP) is 5.28. The fraction of sp³-hybridized carbons (Fsp3) is 0.0741. The number of nitrogens with one attached hydrogen (secondary N) is 4. The molecule has 0 aliphatic carbocycles. The average molecular weight is 450 g/mol. The van der Waals surface area contributed by atoms with Crippen LogP contribution in [-0.2, 0) is 9.59 Å². The van der Waals surface area contributed by atoms with Gasteiger partial charge in [0.25, 0.3) is 5.91 Å². The number of hydrogen-bond acceptors (Lipinski definition) is 4. The first kappa shape index (κ1) is 21.2. The molecule has 0 saturated carbocycles. The van der Waals surface area contributed by atoms with Crippen LogP contribution in [0.4, 0.5) is 17.3 Å². The van der Waals surface area contributed by atoms with Gasteiger partial charge >= 0.3 is 0 Å². The van der Waals surface area contributed by atoms with E-state index in [0.717, 1.165) is 45.2 Å². The Morgan fingerprint density at radius 3 is 2.32 bits per heavy atom. The van der Waals surface area contributed by atoms with Crippen LogP contribution in [0.2, 0.25) is 0 Å². The number of aromatic amines is 1. The van der Waals surface area contributed by atoms with Crippen molar-refractivity contribution >= 4 is 40.4 Å². The number of rotatable bonds is 5. The minimum atomic E-state index is -0.182. The van der Waals surface area contributed by atoms with Crippen molar-refractivity contribution < 1.29 is 9.59 Å². The molecule has 168 valence electrons. The lowest BCUT2D eigenvalue weighted by Crippen LogP contribution is -2.10. The highest BCUT2D eigenvalue weighted by molar-refractivity contribution is 6.37. The first-order valence-electron chi connectivity index (χ1n) is 10.9. The molecule has 0 bridgehead atoms. The van der Waals surface area contributed by atoms with Gasteiger partial charge < -0.3 is 15.6 Å². The highest BCUT2D eigenvalue weighted by Gasteiger charge is 2.28. The highest BCUT2D eigenvalue weighted by Crippen LogP contribution is 2.37. The van der Waals surface area contributed by atoms with Crippen LogP contribution in [0.1, 0.15) is 23.7 Å². The predicted molar refractivity (Wildman–Crippen MR) is 135 cm³/mol. The van der Waals surface area contributed by atoms with E-state index in [1.807, 2.05) is 85.8 Å². The summed E-state index contributed by atoms with van der Waals surface area (Å²) >= 11 is 0. The van der Waals surface area contributed by atoms with Crippen LogP contribution in [-0.4, -0.2) is 21.8 Å². The van der Waals surface area contributed by atoms with Gasteiger partial charge in [-0.15, -0.1) is 0 Å². The summed E-state index contributed by atoms with van der Waals surface area (Å²) in [4.78, 5) is 31.8. The number of benzene rings is 3. The Kier molecular flexibility index (Phi) is 5.43. The molecule has 2 amide bonds. The van der Waals surface area contributed by atoms with Gasteiger partial charge in [-0.25, -0.2) is 4.98 Å². The number of anilines is 3. The molecule has 0 atom stereocenters.